The molecule has 0 aliphatic heterocycles. The monoisotopic (exact) mass is 294 g/mol. The summed E-state index contributed by atoms with van der Waals surface area (Å²) < 4.78 is 25.4. The molecule has 1 aromatic heterocycles. The number of pyridine rings is 1. The van der Waals surface area contributed by atoms with Gasteiger partial charge in [0.05, 0.1) is 24.0 Å². The molecule has 0 saturated heterocycles. The number of carboxylic acids is 1. The number of nitrogens with zero attached hydrogens (tertiary/aromatic N) is 1. The predicted molar refractivity (Wildman–Crippen MR) is 57.6 cm³/mol. The number of carbonyl (C=O) groups is 1. The van der Waals surface area contributed by atoms with E-state index in [9.17, 15) is 13.6 Å². The minimum atomic E-state index is -2.75. The van der Waals surface area contributed by atoms with Crippen molar-refractivity contribution in [2.75, 3.05) is 5.73 Å². The molecular weight excluding hydrogens is 286 g/mol. The van der Waals surface area contributed by atoms with Crippen LogP contribution >= 0.6 is 15.9 Å². The minimum absolute atomic E-state index is 0.0906. The van der Waals surface area contributed by atoms with E-state index in [0.29, 0.717) is 0 Å². The molecule has 0 aliphatic carbocycles. The van der Waals surface area contributed by atoms with Crippen molar-refractivity contribution in [2.45, 2.75) is 18.2 Å². The van der Waals surface area contributed by atoms with Gasteiger partial charge in [0.1, 0.15) is 0 Å². The highest BCUT2D eigenvalue weighted by molar-refractivity contribution is 9.08. The number of aliphatic carboxylic acids is 1. The molecule has 0 spiro atoms. The van der Waals surface area contributed by atoms with Crippen LogP contribution < -0.4 is 5.73 Å². The third-order valence-electron chi connectivity index (χ3n) is 2.01. The van der Waals surface area contributed by atoms with Gasteiger partial charge in [0, 0.05) is 10.9 Å². The van der Waals surface area contributed by atoms with Gasteiger partial charge in [-0.2, -0.15) is 0 Å². The SMILES string of the molecule is Nc1cnc(CC(=O)O)c(CBr)c1C(F)F. The second-order valence-electron chi connectivity index (χ2n) is 3.06. The second kappa shape index (κ2) is 5.20. The average Bonchev–Trinajstić information content (AvgIpc) is 2.18. The molecule has 0 aromatic carbocycles. The first kappa shape index (κ1) is 12.8. The standard InChI is InChI=1S/C9H9BrF2N2O2/c10-2-4-6(1-7(15)16)14-3-5(13)8(4)9(11)12/h3,9H,1-2,13H2,(H,15,16). The zero-order valence-corrected chi connectivity index (χ0v) is 9.67. The van der Waals surface area contributed by atoms with Gasteiger partial charge in [-0.05, 0) is 5.56 Å². The molecule has 0 amide bonds. The first-order chi connectivity index (χ1) is 7.47. The number of hydrogen-bond acceptors (Lipinski definition) is 3. The summed E-state index contributed by atoms with van der Waals surface area (Å²) in [5.74, 6) is -1.13. The Kier molecular flexibility index (Phi) is 4.17. The highest BCUT2D eigenvalue weighted by Gasteiger charge is 2.21. The lowest BCUT2D eigenvalue weighted by atomic mass is 10.0. The van der Waals surface area contributed by atoms with Crippen LogP contribution in [0.25, 0.3) is 0 Å². The Labute approximate surface area is 98.6 Å². The summed E-state index contributed by atoms with van der Waals surface area (Å²) in [4.78, 5) is 14.3. The fraction of sp³-hybridized carbons (Fsp3) is 0.333. The van der Waals surface area contributed by atoms with Crippen LogP contribution in [0.3, 0.4) is 0 Å². The molecule has 0 bridgehead atoms. The summed E-state index contributed by atoms with van der Waals surface area (Å²) in [6.07, 6.45) is -2.09. The van der Waals surface area contributed by atoms with E-state index >= 15 is 0 Å². The van der Waals surface area contributed by atoms with E-state index in [1.165, 1.54) is 0 Å². The van der Waals surface area contributed by atoms with Crippen molar-refractivity contribution in [1.82, 2.24) is 4.98 Å². The van der Waals surface area contributed by atoms with Crippen LogP contribution in [0.1, 0.15) is 23.2 Å². The maximum atomic E-state index is 12.7. The van der Waals surface area contributed by atoms with E-state index in [1.807, 2.05) is 0 Å². The molecule has 0 atom stereocenters. The largest absolute Gasteiger partial charge is 0.481 e. The summed E-state index contributed by atoms with van der Waals surface area (Å²) >= 11 is 3.03. The van der Waals surface area contributed by atoms with Crippen molar-refractivity contribution in [1.29, 1.82) is 0 Å². The molecule has 1 aromatic rings. The second-order valence-corrected chi connectivity index (χ2v) is 3.62. The Hall–Kier alpha value is -1.24. The lowest BCUT2D eigenvalue weighted by Crippen LogP contribution is -2.10. The number of carboxylic acid groups (broad SMARTS) is 1. The molecule has 1 heterocycles. The van der Waals surface area contributed by atoms with Gasteiger partial charge in [-0.15, -0.1) is 0 Å². The highest BCUT2D eigenvalue weighted by atomic mass is 79.9. The number of nitrogens with two attached hydrogens (primary N) is 1. The lowest BCUT2D eigenvalue weighted by Gasteiger charge is -2.12. The van der Waals surface area contributed by atoms with Gasteiger partial charge in [-0.3, -0.25) is 9.78 Å². The Morgan fingerprint density at radius 1 is 1.62 bits per heavy atom. The van der Waals surface area contributed by atoms with Crippen molar-refractivity contribution in [3.05, 3.63) is 23.0 Å². The van der Waals surface area contributed by atoms with Gasteiger partial charge in [-0.1, -0.05) is 15.9 Å². The predicted octanol–water partition coefficient (Wildman–Crippen LogP) is 2.12. The van der Waals surface area contributed by atoms with E-state index in [2.05, 4.69) is 20.9 Å². The van der Waals surface area contributed by atoms with Crippen LogP contribution in [0.5, 0.6) is 0 Å². The number of anilines is 1. The molecule has 0 fully saturated rings. The summed E-state index contributed by atoms with van der Waals surface area (Å²) in [6.45, 7) is 0. The fourth-order valence-electron chi connectivity index (χ4n) is 1.33. The zero-order chi connectivity index (χ0) is 12.3. The van der Waals surface area contributed by atoms with Gasteiger partial charge < -0.3 is 10.8 Å². The maximum Gasteiger partial charge on any atom is 0.309 e. The summed E-state index contributed by atoms with van der Waals surface area (Å²) in [5, 5.41) is 8.70. The number of hydrogen-bond donors (Lipinski definition) is 2. The van der Waals surface area contributed by atoms with E-state index in [0.717, 1.165) is 6.20 Å². The number of aromatic nitrogens is 1. The van der Waals surface area contributed by atoms with Crippen LogP contribution in [0.2, 0.25) is 0 Å². The van der Waals surface area contributed by atoms with Crippen molar-refractivity contribution >= 4 is 27.6 Å². The number of rotatable bonds is 4. The normalized spacial score (nSPS) is 10.8. The molecule has 4 nitrogen and oxygen atoms in total. The van der Waals surface area contributed by atoms with Crippen LogP contribution in [0.15, 0.2) is 6.20 Å². The smallest absolute Gasteiger partial charge is 0.309 e. The Balaban J connectivity index is 3.30. The van der Waals surface area contributed by atoms with Crippen LogP contribution in [0.4, 0.5) is 14.5 Å². The number of halogens is 3. The Morgan fingerprint density at radius 2 is 2.25 bits per heavy atom. The molecule has 0 aliphatic rings. The van der Waals surface area contributed by atoms with Crippen molar-refractivity contribution in [3.8, 4) is 0 Å². The van der Waals surface area contributed by atoms with Gasteiger partial charge in [0.25, 0.3) is 6.43 Å². The lowest BCUT2D eigenvalue weighted by molar-refractivity contribution is -0.136. The van der Waals surface area contributed by atoms with Gasteiger partial charge in [0.15, 0.2) is 0 Å². The number of nitrogen functional groups attached to an aromatic ring is 1. The molecular formula is C9H9BrF2N2O2. The molecule has 3 N–H and O–H groups in total. The van der Waals surface area contributed by atoms with Crippen LogP contribution in [-0.2, 0) is 16.5 Å². The molecule has 0 unspecified atom stereocenters. The topological polar surface area (TPSA) is 76.2 Å². The first-order valence-corrected chi connectivity index (χ1v) is 5.41. The average molecular weight is 295 g/mol. The molecule has 0 radical (unpaired) electrons. The van der Waals surface area contributed by atoms with Gasteiger partial charge in [0.2, 0.25) is 0 Å². The van der Waals surface area contributed by atoms with Crippen molar-refractivity contribution < 1.29 is 18.7 Å². The summed E-state index contributed by atoms with van der Waals surface area (Å²) in [5.41, 5.74) is 5.17. The van der Waals surface area contributed by atoms with Crippen molar-refractivity contribution in [3.63, 3.8) is 0 Å². The third kappa shape index (κ3) is 2.66. The quantitative estimate of drug-likeness (QED) is 0.834. The van der Waals surface area contributed by atoms with Gasteiger partial charge in [-0.25, -0.2) is 8.78 Å². The molecule has 16 heavy (non-hydrogen) atoms. The Morgan fingerprint density at radius 3 is 2.69 bits per heavy atom. The van der Waals surface area contributed by atoms with Crippen LogP contribution in [0, 0.1) is 0 Å². The molecule has 7 heteroatoms. The summed E-state index contributed by atoms with van der Waals surface area (Å²) in [6, 6.07) is 0. The van der Waals surface area contributed by atoms with Crippen molar-refractivity contribution in [2.24, 2.45) is 0 Å². The molecule has 1 rings (SSSR count). The minimum Gasteiger partial charge on any atom is -0.481 e. The van der Waals surface area contributed by atoms with Crippen LogP contribution in [-0.4, -0.2) is 16.1 Å². The van der Waals surface area contributed by atoms with E-state index in [-0.39, 0.29) is 27.8 Å². The fourth-order valence-corrected chi connectivity index (χ4v) is 1.95. The van der Waals surface area contributed by atoms with E-state index in [1.54, 1.807) is 0 Å². The highest BCUT2D eigenvalue weighted by Crippen LogP contribution is 2.31. The Bertz CT molecular complexity index is 413. The number of alkyl halides is 3. The first-order valence-electron chi connectivity index (χ1n) is 4.29. The zero-order valence-electron chi connectivity index (χ0n) is 8.08. The summed E-state index contributed by atoms with van der Waals surface area (Å²) in [7, 11) is 0. The van der Waals surface area contributed by atoms with E-state index < -0.39 is 18.8 Å². The molecule has 88 valence electrons. The third-order valence-corrected chi connectivity index (χ3v) is 2.58. The van der Waals surface area contributed by atoms with Gasteiger partial charge >= 0.3 is 5.97 Å². The van der Waals surface area contributed by atoms with E-state index in [4.69, 9.17) is 10.8 Å². The maximum absolute atomic E-state index is 12.7. The molecule has 0 saturated carbocycles.